The first-order valence-corrected chi connectivity index (χ1v) is 9.36. The van der Waals surface area contributed by atoms with E-state index in [4.69, 9.17) is 0 Å². The van der Waals surface area contributed by atoms with Crippen molar-refractivity contribution in [3.8, 4) is 11.1 Å². The molecular weight excluding hydrogens is 359 g/mol. The zero-order valence-electron chi connectivity index (χ0n) is 15.8. The van der Waals surface area contributed by atoms with Crippen LogP contribution in [0.1, 0.15) is 48.5 Å². The average Bonchev–Trinajstić information content (AvgIpc) is 3.52. The Morgan fingerprint density at radius 3 is 2.64 bits per heavy atom. The van der Waals surface area contributed by atoms with Crippen molar-refractivity contribution in [1.29, 1.82) is 0 Å². The van der Waals surface area contributed by atoms with Gasteiger partial charge in [0.15, 0.2) is 0 Å². The lowest BCUT2D eigenvalue weighted by Gasteiger charge is -2.18. The van der Waals surface area contributed by atoms with Gasteiger partial charge in [0.1, 0.15) is 5.82 Å². The van der Waals surface area contributed by atoms with E-state index in [2.05, 4.69) is 4.98 Å². The number of aliphatic hydroxyl groups excluding tert-OH is 1. The normalized spacial score (nSPS) is 13.9. The van der Waals surface area contributed by atoms with Crippen LogP contribution in [0.25, 0.3) is 22.0 Å². The van der Waals surface area contributed by atoms with Crippen molar-refractivity contribution in [2.24, 2.45) is 0 Å². The van der Waals surface area contributed by atoms with Gasteiger partial charge in [-0.05, 0) is 56.0 Å². The van der Waals surface area contributed by atoms with Crippen LogP contribution in [0.3, 0.4) is 0 Å². The second kappa shape index (κ2) is 6.95. The third-order valence-electron chi connectivity index (χ3n) is 5.22. The predicted octanol–water partition coefficient (Wildman–Crippen LogP) is 3.36. The highest BCUT2D eigenvalue weighted by atomic mass is 19.1. The van der Waals surface area contributed by atoms with Crippen LogP contribution in [0.4, 0.5) is 4.39 Å². The molecule has 2 aromatic heterocycles. The monoisotopic (exact) mass is 379 g/mol. The van der Waals surface area contributed by atoms with Gasteiger partial charge in [0, 0.05) is 28.4 Å². The van der Waals surface area contributed by atoms with Crippen LogP contribution in [-0.4, -0.2) is 20.9 Å². The molecule has 0 spiro atoms. The molecule has 1 aliphatic rings. The van der Waals surface area contributed by atoms with Crippen LogP contribution < -0.4 is 5.43 Å². The van der Waals surface area contributed by atoms with Crippen LogP contribution >= 0.6 is 0 Å². The Balaban J connectivity index is 2.08. The Hall–Kier alpha value is -2.86. The molecular formula is C22H20FN2O3. The number of aromatic nitrogens is 2. The summed E-state index contributed by atoms with van der Waals surface area (Å²) in [6, 6.07) is 6.48. The SMILES string of the molecule is CCc1c([C]=O)c(=O)c2cc(F)c(-c3cc(C)nc(CO)c3)cc2n1C1CC1. The summed E-state index contributed by atoms with van der Waals surface area (Å²) in [5.41, 5.74) is 2.84. The summed E-state index contributed by atoms with van der Waals surface area (Å²) >= 11 is 0. The third kappa shape index (κ3) is 2.94. The fourth-order valence-corrected chi connectivity index (χ4v) is 3.87. The van der Waals surface area contributed by atoms with Crippen LogP contribution in [-0.2, 0) is 17.8 Å². The zero-order valence-corrected chi connectivity index (χ0v) is 15.8. The van der Waals surface area contributed by atoms with E-state index in [0.29, 0.717) is 40.1 Å². The maximum absolute atomic E-state index is 15.0. The molecule has 1 saturated carbocycles. The molecule has 1 radical (unpaired) electrons. The number of fused-ring (bicyclic) bond motifs is 1. The van der Waals surface area contributed by atoms with Gasteiger partial charge in [-0.3, -0.25) is 14.6 Å². The molecule has 0 unspecified atom stereocenters. The number of carbonyl (C=O) groups excluding carboxylic acids is 1. The van der Waals surface area contributed by atoms with E-state index in [9.17, 15) is 19.1 Å². The van der Waals surface area contributed by atoms with Gasteiger partial charge in [0.25, 0.3) is 0 Å². The summed E-state index contributed by atoms with van der Waals surface area (Å²) < 4.78 is 17.0. The van der Waals surface area contributed by atoms with Crippen molar-refractivity contribution in [2.75, 3.05) is 0 Å². The summed E-state index contributed by atoms with van der Waals surface area (Å²) in [4.78, 5) is 28.5. The van der Waals surface area contributed by atoms with Crippen molar-refractivity contribution in [2.45, 2.75) is 45.8 Å². The van der Waals surface area contributed by atoms with E-state index >= 15 is 0 Å². The molecule has 3 aromatic rings. The Morgan fingerprint density at radius 2 is 2.04 bits per heavy atom. The highest BCUT2D eigenvalue weighted by molar-refractivity contribution is 5.91. The second-order valence-electron chi connectivity index (χ2n) is 7.20. The number of aliphatic hydroxyl groups is 1. The summed E-state index contributed by atoms with van der Waals surface area (Å²) in [6.07, 6.45) is 4.21. The van der Waals surface area contributed by atoms with Crippen molar-refractivity contribution in [3.05, 3.63) is 63.0 Å². The van der Waals surface area contributed by atoms with Crippen molar-refractivity contribution in [1.82, 2.24) is 9.55 Å². The topological polar surface area (TPSA) is 72.2 Å². The van der Waals surface area contributed by atoms with Gasteiger partial charge in [-0.1, -0.05) is 6.92 Å². The average molecular weight is 379 g/mol. The van der Waals surface area contributed by atoms with Gasteiger partial charge in [-0.2, -0.15) is 0 Å². The molecule has 2 heterocycles. The van der Waals surface area contributed by atoms with Crippen LogP contribution in [0.5, 0.6) is 0 Å². The molecule has 1 aromatic carbocycles. The summed E-state index contributed by atoms with van der Waals surface area (Å²) in [6.45, 7) is 3.43. The van der Waals surface area contributed by atoms with Crippen molar-refractivity contribution >= 4 is 17.2 Å². The molecule has 0 saturated heterocycles. The largest absolute Gasteiger partial charge is 0.390 e. The molecule has 6 heteroatoms. The number of pyridine rings is 2. The number of halogens is 1. The highest BCUT2D eigenvalue weighted by Crippen LogP contribution is 2.40. The first-order chi connectivity index (χ1) is 13.5. The van der Waals surface area contributed by atoms with E-state index < -0.39 is 11.2 Å². The fourth-order valence-electron chi connectivity index (χ4n) is 3.87. The minimum absolute atomic E-state index is 0.00336. The van der Waals surface area contributed by atoms with Crippen LogP contribution in [0.2, 0.25) is 0 Å². The lowest BCUT2D eigenvalue weighted by molar-refractivity contribution is 0.276. The van der Waals surface area contributed by atoms with E-state index in [0.717, 1.165) is 12.8 Å². The van der Waals surface area contributed by atoms with E-state index in [1.807, 2.05) is 11.5 Å². The minimum Gasteiger partial charge on any atom is -0.390 e. The van der Waals surface area contributed by atoms with Gasteiger partial charge < -0.3 is 9.67 Å². The molecule has 1 aliphatic carbocycles. The molecule has 0 amide bonds. The Labute approximate surface area is 161 Å². The first kappa shape index (κ1) is 18.5. The molecule has 1 N–H and O–H groups in total. The molecule has 143 valence electrons. The van der Waals surface area contributed by atoms with Gasteiger partial charge in [0.05, 0.1) is 23.4 Å². The number of aryl methyl sites for hydroxylation is 1. The number of rotatable bonds is 5. The fraction of sp³-hybridized carbons (Fsp3) is 0.318. The van der Waals surface area contributed by atoms with Crippen molar-refractivity contribution < 1.29 is 14.3 Å². The highest BCUT2D eigenvalue weighted by Gasteiger charge is 2.29. The van der Waals surface area contributed by atoms with E-state index in [-0.39, 0.29) is 23.6 Å². The zero-order chi connectivity index (χ0) is 20.0. The molecule has 1 fully saturated rings. The number of nitrogens with zero attached hydrogens (tertiary/aromatic N) is 2. The molecule has 4 rings (SSSR count). The molecule has 5 nitrogen and oxygen atoms in total. The number of hydrogen-bond donors (Lipinski definition) is 1. The maximum Gasteiger partial charge on any atom is 0.239 e. The van der Waals surface area contributed by atoms with Crippen molar-refractivity contribution in [3.63, 3.8) is 0 Å². The van der Waals surface area contributed by atoms with E-state index in [1.165, 1.54) is 6.07 Å². The maximum atomic E-state index is 15.0. The molecule has 0 bridgehead atoms. The number of hydrogen-bond acceptors (Lipinski definition) is 4. The smallest absolute Gasteiger partial charge is 0.239 e. The Kier molecular flexibility index (Phi) is 4.59. The predicted molar refractivity (Wildman–Crippen MR) is 105 cm³/mol. The summed E-state index contributed by atoms with van der Waals surface area (Å²) in [5, 5.41) is 9.62. The lowest BCUT2D eigenvalue weighted by Crippen LogP contribution is -2.20. The Bertz CT molecular complexity index is 1160. The third-order valence-corrected chi connectivity index (χ3v) is 5.22. The number of benzene rings is 1. The molecule has 0 aliphatic heterocycles. The molecule has 0 atom stereocenters. The second-order valence-corrected chi connectivity index (χ2v) is 7.20. The first-order valence-electron chi connectivity index (χ1n) is 9.36. The van der Waals surface area contributed by atoms with Crippen LogP contribution in [0.15, 0.2) is 29.1 Å². The summed E-state index contributed by atoms with van der Waals surface area (Å²) in [7, 11) is 0. The van der Waals surface area contributed by atoms with Gasteiger partial charge in [0.2, 0.25) is 11.7 Å². The summed E-state index contributed by atoms with van der Waals surface area (Å²) in [5.74, 6) is -0.553. The van der Waals surface area contributed by atoms with Crippen LogP contribution in [0, 0.1) is 12.7 Å². The quantitative estimate of drug-likeness (QED) is 0.738. The standard InChI is InChI=1S/C22H20FN2O3/c1-3-20-18(11-27)22(28)17-8-19(23)16(9-21(17)25(20)15-4-5-15)13-6-12(2)24-14(7-13)10-26/h6-9,15,26H,3-5,10H2,1-2H3. The van der Waals surface area contributed by atoms with Gasteiger partial charge in [-0.25, -0.2) is 4.39 Å². The minimum atomic E-state index is -0.553. The lowest BCUT2D eigenvalue weighted by atomic mass is 9.99. The van der Waals surface area contributed by atoms with Gasteiger partial charge >= 0.3 is 0 Å². The molecule has 28 heavy (non-hydrogen) atoms. The van der Waals surface area contributed by atoms with E-state index in [1.54, 1.807) is 31.4 Å². The van der Waals surface area contributed by atoms with Gasteiger partial charge in [-0.15, -0.1) is 0 Å². The Morgan fingerprint density at radius 1 is 1.29 bits per heavy atom.